The number of hydrogen-bond acceptors (Lipinski definition) is 3. The van der Waals surface area contributed by atoms with Crippen LogP contribution in [0.2, 0.25) is 10.0 Å². The lowest BCUT2D eigenvalue weighted by atomic mass is 9.67. The van der Waals surface area contributed by atoms with Crippen LogP contribution in [-0.2, 0) is 20.4 Å². The van der Waals surface area contributed by atoms with Gasteiger partial charge < -0.3 is 10.0 Å². The molecule has 1 amide bonds. The number of carbonyl (C=O) groups excluding carboxylic acids is 1. The Bertz CT molecular complexity index is 1090. The smallest absolute Gasteiger partial charge is 0.304 e. The molecule has 0 aromatic heterocycles. The SMILES string of the molecule is CC(C)[S@@](=O)CC[C@@H](C)N1C(=O)[C@@](C)(CC(=O)O)C[C@H](c2cccc(Cl)c2)[C@H]1c1ccc(Cl)cc1. The zero-order valence-corrected chi connectivity index (χ0v) is 22.9. The highest BCUT2D eigenvalue weighted by Gasteiger charge is 2.51. The van der Waals surface area contributed by atoms with E-state index in [0.717, 1.165) is 11.1 Å². The summed E-state index contributed by atoms with van der Waals surface area (Å²) in [6.45, 7) is 7.54. The molecule has 1 fully saturated rings. The van der Waals surface area contributed by atoms with Gasteiger partial charge >= 0.3 is 5.97 Å². The molecule has 1 saturated heterocycles. The Hall–Kier alpha value is -1.89. The second kappa shape index (κ2) is 11.4. The first-order valence-electron chi connectivity index (χ1n) is 11.9. The fourth-order valence-electron chi connectivity index (χ4n) is 5.02. The molecule has 2 aromatic carbocycles. The van der Waals surface area contributed by atoms with Crippen LogP contribution in [0.3, 0.4) is 0 Å². The van der Waals surface area contributed by atoms with E-state index in [4.69, 9.17) is 23.2 Å². The van der Waals surface area contributed by atoms with Crippen molar-refractivity contribution < 1.29 is 18.9 Å². The molecule has 0 radical (unpaired) electrons. The zero-order valence-electron chi connectivity index (χ0n) is 20.5. The van der Waals surface area contributed by atoms with Gasteiger partial charge in [-0.25, -0.2) is 0 Å². The van der Waals surface area contributed by atoms with E-state index in [9.17, 15) is 18.9 Å². The fraction of sp³-hybridized carbons (Fsp3) is 0.481. The van der Waals surface area contributed by atoms with Crippen LogP contribution in [0.4, 0.5) is 0 Å². The van der Waals surface area contributed by atoms with Gasteiger partial charge in [0, 0.05) is 43.8 Å². The van der Waals surface area contributed by atoms with E-state index in [0.29, 0.717) is 28.6 Å². The lowest BCUT2D eigenvalue weighted by molar-refractivity contribution is -0.160. The quantitative estimate of drug-likeness (QED) is 0.397. The molecule has 0 spiro atoms. The van der Waals surface area contributed by atoms with Crippen LogP contribution < -0.4 is 0 Å². The number of carboxylic acids is 1. The number of nitrogens with zero attached hydrogens (tertiary/aromatic N) is 1. The maximum absolute atomic E-state index is 14.0. The van der Waals surface area contributed by atoms with Crippen molar-refractivity contribution in [2.75, 3.05) is 5.75 Å². The number of amides is 1. The molecule has 5 atom stereocenters. The molecular weight excluding hydrogens is 505 g/mol. The molecule has 0 bridgehead atoms. The number of rotatable bonds is 9. The van der Waals surface area contributed by atoms with Crippen LogP contribution in [0.25, 0.3) is 0 Å². The molecule has 8 heteroatoms. The second-order valence-electron chi connectivity index (χ2n) is 9.98. The number of benzene rings is 2. The average molecular weight is 539 g/mol. The average Bonchev–Trinajstić information content (AvgIpc) is 2.78. The van der Waals surface area contributed by atoms with Crippen LogP contribution in [0.1, 0.15) is 70.0 Å². The van der Waals surface area contributed by atoms with Crippen molar-refractivity contribution in [2.45, 2.75) is 70.2 Å². The van der Waals surface area contributed by atoms with Crippen LogP contribution in [0.15, 0.2) is 48.5 Å². The number of aliphatic carboxylic acids is 1. The van der Waals surface area contributed by atoms with E-state index in [1.807, 2.05) is 56.0 Å². The van der Waals surface area contributed by atoms with Crippen LogP contribution >= 0.6 is 23.2 Å². The van der Waals surface area contributed by atoms with Gasteiger partial charge in [-0.05, 0) is 55.2 Å². The normalized spacial score (nSPS) is 24.4. The first-order chi connectivity index (χ1) is 16.4. The van der Waals surface area contributed by atoms with Gasteiger partial charge in [0.1, 0.15) is 0 Å². The zero-order chi connectivity index (χ0) is 25.9. The number of carboxylic acid groups (broad SMARTS) is 1. The maximum atomic E-state index is 14.0. The van der Waals surface area contributed by atoms with Gasteiger partial charge in [-0.2, -0.15) is 0 Å². The molecule has 0 aliphatic carbocycles. The summed E-state index contributed by atoms with van der Waals surface area (Å²) in [5, 5.41) is 10.9. The Morgan fingerprint density at radius 3 is 2.34 bits per heavy atom. The minimum Gasteiger partial charge on any atom is -0.481 e. The maximum Gasteiger partial charge on any atom is 0.304 e. The van der Waals surface area contributed by atoms with Gasteiger partial charge in [0.2, 0.25) is 5.91 Å². The van der Waals surface area contributed by atoms with E-state index >= 15 is 0 Å². The molecule has 1 aliphatic heterocycles. The van der Waals surface area contributed by atoms with Crippen LogP contribution in [-0.4, -0.2) is 43.1 Å². The second-order valence-corrected chi connectivity index (χ2v) is 13.0. The monoisotopic (exact) mass is 537 g/mol. The summed E-state index contributed by atoms with van der Waals surface area (Å²) in [4.78, 5) is 27.7. The Balaban J connectivity index is 2.14. The number of carbonyl (C=O) groups is 2. The summed E-state index contributed by atoms with van der Waals surface area (Å²) in [5.41, 5.74) is 0.777. The third-order valence-corrected chi connectivity index (χ3v) is 9.05. The predicted octanol–water partition coefficient (Wildman–Crippen LogP) is 6.47. The van der Waals surface area contributed by atoms with Gasteiger partial charge in [0.05, 0.1) is 17.9 Å². The van der Waals surface area contributed by atoms with Gasteiger partial charge in [0.15, 0.2) is 0 Å². The lowest BCUT2D eigenvalue weighted by Gasteiger charge is -2.51. The number of hydrogen-bond donors (Lipinski definition) is 1. The van der Waals surface area contributed by atoms with Crippen molar-refractivity contribution in [2.24, 2.45) is 5.41 Å². The minimum absolute atomic E-state index is 0.0304. The lowest BCUT2D eigenvalue weighted by Crippen LogP contribution is -2.55. The van der Waals surface area contributed by atoms with Crippen molar-refractivity contribution in [3.05, 3.63) is 69.7 Å². The van der Waals surface area contributed by atoms with Crippen molar-refractivity contribution in [3.63, 3.8) is 0 Å². The van der Waals surface area contributed by atoms with E-state index in [-0.39, 0.29) is 35.6 Å². The molecular formula is C27H33Cl2NO4S. The van der Waals surface area contributed by atoms with Gasteiger partial charge in [-0.1, -0.05) is 68.2 Å². The fourth-order valence-corrected chi connectivity index (χ4v) is 6.39. The highest BCUT2D eigenvalue weighted by atomic mass is 35.5. The van der Waals surface area contributed by atoms with Crippen LogP contribution in [0, 0.1) is 5.41 Å². The Labute approximate surface area is 220 Å². The third-order valence-electron chi connectivity index (χ3n) is 6.87. The summed E-state index contributed by atoms with van der Waals surface area (Å²) >= 11 is 12.5. The standard InChI is InChI=1S/C27H33Cl2NO4S/c1-17(2)35(34)13-12-18(3)30-25(19-8-10-21(28)11-9-19)23(20-6-5-7-22(29)14-20)15-27(4,26(30)33)16-24(31)32/h5-11,14,17-18,23,25H,12-13,15-16H2,1-4H3,(H,31,32)/t18-,23-,25-,27-,35+/m1/s1. The molecule has 2 aromatic rings. The summed E-state index contributed by atoms with van der Waals surface area (Å²) in [7, 11) is -1.01. The Morgan fingerprint density at radius 1 is 1.11 bits per heavy atom. The van der Waals surface area contributed by atoms with Gasteiger partial charge in [-0.15, -0.1) is 0 Å². The Kier molecular flexibility index (Phi) is 9.06. The van der Waals surface area contributed by atoms with Crippen molar-refractivity contribution in [1.29, 1.82) is 0 Å². The van der Waals surface area contributed by atoms with Gasteiger partial charge in [0.25, 0.3) is 0 Å². The summed E-state index contributed by atoms with van der Waals surface area (Å²) in [6, 6.07) is 14.4. The highest BCUT2D eigenvalue weighted by molar-refractivity contribution is 7.85. The highest BCUT2D eigenvalue weighted by Crippen LogP contribution is 2.52. The Morgan fingerprint density at radius 2 is 1.77 bits per heavy atom. The first kappa shape index (κ1) is 27.7. The van der Waals surface area contributed by atoms with Gasteiger partial charge in [-0.3, -0.25) is 13.8 Å². The largest absolute Gasteiger partial charge is 0.481 e. The molecule has 3 rings (SSSR count). The van der Waals surface area contributed by atoms with E-state index in [1.165, 1.54) is 0 Å². The number of piperidine rings is 1. The molecule has 1 heterocycles. The molecule has 0 saturated carbocycles. The van der Waals surface area contributed by atoms with Crippen molar-refractivity contribution in [1.82, 2.24) is 4.90 Å². The first-order valence-corrected chi connectivity index (χ1v) is 14.0. The number of halogens is 2. The summed E-state index contributed by atoms with van der Waals surface area (Å²) < 4.78 is 12.5. The molecule has 190 valence electrons. The topological polar surface area (TPSA) is 74.7 Å². The summed E-state index contributed by atoms with van der Waals surface area (Å²) in [5.74, 6) is -0.923. The van der Waals surface area contributed by atoms with Crippen LogP contribution in [0.5, 0.6) is 0 Å². The van der Waals surface area contributed by atoms with Crippen molar-refractivity contribution >= 4 is 45.9 Å². The number of likely N-dealkylation sites (tertiary alicyclic amines) is 1. The molecule has 1 aliphatic rings. The van der Waals surface area contributed by atoms with E-state index in [2.05, 4.69) is 0 Å². The predicted molar refractivity (Wildman–Crippen MR) is 142 cm³/mol. The summed E-state index contributed by atoms with van der Waals surface area (Å²) in [6.07, 6.45) is 0.649. The molecule has 5 nitrogen and oxygen atoms in total. The third kappa shape index (κ3) is 6.46. The van der Waals surface area contributed by atoms with E-state index < -0.39 is 22.2 Å². The van der Waals surface area contributed by atoms with Crippen molar-refractivity contribution in [3.8, 4) is 0 Å². The molecule has 35 heavy (non-hydrogen) atoms. The minimum atomic E-state index is -1.09. The molecule has 1 N–H and O–H groups in total. The molecule has 0 unspecified atom stereocenters. The van der Waals surface area contributed by atoms with E-state index in [1.54, 1.807) is 25.1 Å².